The third kappa shape index (κ3) is 5.59. The van der Waals surface area contributed by atoms with Crippen molar-refractivity contribution in [3.05, 3.63) is 95.1 Å². The van der Waals surface area contributed by atoms with Gasteiger partial charge >= 0.3 is 0 Å². The summed E-state index contributed by atoms with van der Waals surface area (Å²) < 4.78 is 0. The topological polar surface area (TPSA) is 42.9 Å². The molecular weight excluding hydrogens is 344 g/mol. The first kappa shape index (κ1) is 19.9. The van der Waals surface area contributed by atoms with Crippen LogP contribution in [-0.2, 0) is 17.6 Å². The molecule has 0 amide bonds. The third-order valence-corrected chi connectivity index (χ3v) is 5.09. The van der Waals surface area contributed by atoms with Crippen LogP contribution in [0.5, 0.6) is 0 Å². The minimum Gasteiger partial charge on any atom is -0.299 e. The molecule has 0 spiro atoms. The predicted octanol–water partition coefficient (Wildman–Crippen LogP) is 5.50. The zero-order valence-electron chi connectivity index (χ0n) is 16.9. The molecule has 3 aromatic rings. The Morgan fingerprint density at radius 2 is 1.54 bits per heavy atom. The molecule has 0 aliphatic heterocycles. The molecule has 2 heterocycles. The summed E-state index contributed by atoms with van der Waals surface area (Å²) in [4.78, 5) is 21.1. The zero-order valence-corrected chi connectivity index (χ0v) is 16.9. The summed E-state index contributed by atoms with van der Waals surface area (Å²) in [7, 11) is 0. The fourth-order valence-corrected chi connectivity index (χ4v) is 3.33. The number of hydrogen-bond acceptors (Lipinski definition) is 3. The lowest BCUT2D eigenvalue weighted by Crippen LogP contribution is -2.09. The molecule has 0 fully saturated rings. The zero-order chi connectivity index (χ0) is 19.9. The molecule has 2 aromatic heterocycles. The second-order valence-electron chi connectivity index (χ2n) is 7.84. The van der Waals surface area contributed by atoms with Gasteiger partial charge in [-0.05, 0) is 52.8 Å². The Morgan fingerprint density at radius 1 is 0.857 bits per heavy atom. The van der Waals surface area contributed by atoms with Gasteiger partial charge in [0.2, 0.25) is 0 Å². The van der Waals surface area contributed by atoms with E-state index in [1.165, 1.54) is 16.7 Å². The Balaban J connectivity index is 1.54. The van der Waals surface area contributed by atoms with Gasteiger partial charge in [0.15, 0.2) is 0 Å². The first-order valence-electron chi connectivity index (χ1n) is 9.95. The van der Waals surface area contributed by atoms with Gasteiger partial charge in [-0.25, -0.2) is 0 Å². The van der Waals surface area contributed by atoms with Gasteiger partial charge in [-0.3, -0.25) is 14.8 Å². The minimum atomic E-state index is 0.123. The molecule has 144 valence electrons. The van der Waals surface area contributed by atoms with E-state index < -0.39 is 0 Å². The van der Waals surface area contributed by atoms with Gasteiger partial charge in [0.05, 0.1) is 0 Å². The number of rotatable bonds is 8. The van der Waals surface area contributed by atoms with Crippen LogP contribution in [0.1, 0.15) is 67.0 Å². The van der Waals surface area contributed by atoms with Gasteiger partial charge in [0.1, 0.15) is 5.78 Å². The van der Waals surface area contributed by atoms with Crippen molar-refractivity contribution in [2.75, 3.05) is 0 Å². The molecule has 0 saturated heterocycles. The summed E-state index contributed by atoms with van der Waals surface area (Å²) in [5.41, 5.74) is 5.75. The van der Waals surface area contributed by atoms with E-state index in [0.717, 1.165) is 17.7 Å². The summed E-state index contributed by atoms with van der Waals surface area (Å²) in [6.07, 6.45) is 7.38. The Labute approximate surface area is 167 Å². The molecule has 0 N–H and O–H groups in total. The molecule has 0 bridgehead atoms. The molecule has 0 aliphatic rings. The number of nitrogens with zero attached hydrogens (tertiary/aromatic N) is 2. The molecule has 0 unspecified atom stereocenters. The maximum atomic E-state index is 12.5. The predicted molar refractivity (Wildman–Crippen MR) is 114 cm³/mol. The third-order valence-electron chi connectivity index (χ3n) is 5.09. The van der Waals surface area contributed by atoms with E-state index in [9.17, 15) is 4.79 Å². The lowest BCUT2D eigenvalue weighted by molar-refractivity contribution is -0.118. The second-order valence-corrected chi connectivity index (χ2v) is 7.84. The maximum Gasteiger partial charge on any atom is 0.137 e. The van der Waals surface area contributed by atoms with E-state index in [0.29, 0.717) is 18.8 Å². The molecular formula is C25H28N2O. The highest BCUT2D eigenvalue weighted by Gasteiger charge is 2.13. The van der Waals surface area contributed by atoms with Gasteiger partial charge in [-0.1, -0.05) is 51.1 Å². The van der Waals surface area contributed by atoms with Crippen molar-refractivity contribution in [2.24, 2.45) is 0 Å². The first-order valence-corrected chi connectivity index (χ1v) is 9.95. The molecule has 28 heavy (non-hydrogen) atoms. The van der Waals surface area contributed by atoms with E-state index in [1.54, 1.807) is 12.4 Å². The number of carbonyl (C=O) groups is 1. The summed E-state index contributed by atoms with van der Waals surface area (Å²) in [6, 6.07) is 16.6. The molecule has 0 aliphatic carbocycles. The van der Waals surface area contributed by atoms with E-state index in [-0.39, 0.29) is 11.7 Å². The number of ketones is 1. The fraction of sp³-hybridized carbons (Fsp3) is 0.320. The highest BCUT2D eigenvalue weighted by molar-refractivity contribution is 5.81. The van der Waals surface area contributed by atoms with Crippen molar-refractivity contribution in [3.63, 3.8) is 0 Å². The van der Waals surface area contributed by atoms with Crippen LogP contribution in [0.15, 0.2) is 67.1 Å². The fourth-order valence-electron chi connectivity index (χ4n) is 3.33. The van der Waals surface area contributed by atoms with Crippen LogP contribution in [-0.4, -0.2) is 15.8 Å². The molecule has 1 aromatic carbocycles. The average Bonchev–Trinajstić information content (AvgIpc) is 2.69. The molecule has 3 nitrogen and oxygen atoms in total. The average molecular weight is 373 g/mol. The van der Waals surface area contributed by atoms with E-state index in [4.69, 9.17) is 0 Å². The summed E-state index contributed by atoms with van der Waals surface area (Å²) in [5.74, 6) is 0.891. The molecule has 3 heteroatoms. The highest BCUT2D eigenvalue weighted by Crippen LogP contribution is 2.20. The Bertz CT molecular complexity index is 884. The number of pyridine rings is 2. The van der Waals surface area contributed by atoms with Gasteiger partial charge in [-0.2, -0.15) is 0 Å². The highest BCUT2D eigenvalue weighted by atomic mass is 16.1. The van der Waals surface area contributed by atoms with Crippen LogP contribution in [0.25, 0.3) is 0 Å². The van der Waals surface area contributed by atoms with Crippen LogP contribution in [0.2, 0.25) is 0 Å². The van der Waals surface area contributed by atoms with Crippen molar-refractivity contribution in [3.8, 4) is 0 Å². The van der Waals surface area contributed by atoms with Crippen LogP contribution < -0.4 is 0 Å². The lowest BCUT2D eigenvalue weighted by atomic mass is 9.95. The maximum absolute atomic E-state index is 12.5. The van der Waals surface area contributed by atoms with Gasteiger partial charge in [0, 0.05) is 43.0 Å². The molecule has 1 atom stereocenters. The monoisotopic (exact) mass is 372 g/mol. The largest absolute Gasteiger partial charge is 0.299 e. The number of hydrogen-bond donors (Lipinski definition) is 0. The van der Waals surface area contributed by atoms with Crippen LogP contribution >= 0.6 is 0 Å². The normalized spacial score (nSPS) is 12.1. The van der Waals surface area contributed by atoms with Crippen LogP contribution in [0.4, 0.5) is 0 Å². The van der Waals surface area contributed by atoms with E-state index >= 15 is 0 Å². The smallest absolute Gasteiger partial charge is 0.137 e. The van der Waals surface area contributed by atoms with E-state index in [1.807, 2.05) is 24.4 Å². The number of Topliss-reactive ketones (excluding diaryl/α,β-unsaturated/α-hetero) is 1. The van der Waals surface area contributed by atoms with Crippen molar-refractivity contribution >= 4 is 5.78 Å². The van der Waals surface area contributed by atoms with Gasteiger partial charge < -0.3 is 0 Å². The molecule has 0 saturated carbocycles. The molecule has 3 rings (SSSR count). The second kappa shape index (κ2) is 9.41. The van der Waals surface area contributed by atoms with Gasteiger partial charge in [0.25, 0.3) is 0 Å². The SMILES string of the molecule is CC(C)c1ccc(CC(=O)C[C@H](C)c2ccc(Cc3ccncc3)cn2)cc1. The van der Waals surface area contributed by atoms with Crippen molar-refractivity contribution in [1.29, 1.82) is 0 Å². The Hall–Kier alpha value is -2.81. The quantitative estimate of drug-likeness (QED) is 0.524. The van der Waals surface area contributed by atoms with Crippen molar-refractivity contribution < 1.29 is 4.79 Å². The lowest BCUT2D eigenvalue weighted by Gasteiger charge is -2.12. The van der Waals surface area contributed by atoms with Gasteiger partial charge in [-0.15, -0.1) is 0 Å². The summed E-state index contributed by atoms with van der Waals surface area (Å²) >= 11 is 0. The number of aromatic nitrogens is 2. The van der Waals surface area contributed by atoms with Crippen molar-refractivity contribution in [2.45, 2.75) is 51.9 Å². The molecule has 0 radical (unpaired) electrons. The van der Waals surface area contributed by atoms with E-state index in [2.05, 4.69) is 61.1 Å². The Kier molecular flexibility index (Phi) is 6.70. The summed E-state index contributed by atoms with van der Waals surface area (Å²) in [5, 5.41) is 0. The Morgan fingerprint density at radius 3 is 2.14 bits per heavy atom. The minimum absolute atomic E-state index is 0.123. The summed E-state index contributed by atoms with van der Waals surface area (Å²) in [6.45, 7) is 6.43. The van der Waals surface area contributed by atoms with Crippen molar-refractivity contribution in [1.82, 2.24) is 9.97 Å². The van der Waals surface area contributed by atoms with Crippen LogP contribution in [0.3, 0.4) is 0 Å². The standard InChI is InChI=1S/C25H28N2O/c1-18(2)23-7-4-20(5-8-23)16-24(28)14-19(3)25-9-6-22(17-27-25)15-21-10-12-26-13-11-21/h4-13,17-19H,14-16H2,1-3H3/t19-/m0/s1. The number of carbonyl (C=O) groups excluding carboxylic acids is 1. The van der Waals surface area contributed by atoms with Crippen LogP contribution in [0, 0.1) is 0 Å². The number of benzene rings is 1. The first-order chi connectivity index (χ1) is 13.5.